The fraction of sp³-hybridized carbons (Fsp3) is 0.812. The molecule has 3 rings (SSSR count). The Morgan fingerprint density at radius 2 is 2.15 bits per heavy atom. The van der Waals surface area contributed by atoms with Crippen molar-refractivity contribution < 1.29 is 5.11 Å². The van der Waals surface area contributed by atoms with Gasteiger partial charge in [0.1, 0.15) is 5.82 Å². The molecule has 2 aliphatic heterocycles. The third kappa shape index (κ3) is 3.07. The first-order chi connectivity index (χ1) is 9.53. The molecule has 0 saturated carbocycles. The number of β-amino-alcohol motifs (C(OH)–C–C–N with tert-alkyl or cyclic N) is 1. The Labute approximate surface area is 121 Å². The van der Waals surface area contributed by atoms with Crippen molar-refractivity contribution in [2.45, 2.75) is 64.0 Å². The summed E-state index contributed by atoms with van der Waals surface area (Å²) in [6, 6.07) is 0. The van der Waals surface area contributed by atoms with Crippen LogP contribution in [0.1, 0.15) is 57.0 Å². The van der Waals surface area contributed by atoms with Gasteiger partial charge in [-0.05, 0) is 52.5 Å². The van der Waals surface area contributed by atoms with Crippen LogP contribution in [-0.4, -0.2) is 44.8 Å². The number of likely N-dealkylation sites (tertiary alicyclic amines) is 1. The number of piperidine rings is 1. The fourth-order valence-corrected chi connectivity index (χ4v) is 3.74. The van der Waals surface area contributed by atoms with Gasteiger partial charge in [-0.15, -0.1) is 0 Å². The van der Waals surface area contributed by atoms with Crippen molar-refractivity contribution in [3.8, 4) is 0 Å². The molecule has 4 heteroatoms. The normalized spacial score (nSPS) is 24.6. The van der Waals surface area contributed by atoms with Gasteiger partial charge in [-0.3, -0.25) is 4.90 Å². The zero-order valence-electron chi connectivity index (χ0n) is 12.8. The predicted molar refractivity (Wildman–Crippen MR) is 79.9 cm³/mol. The molecule has 2 aliphatic rings. The number of imidazole rings is 1. The summed E-state index contributed by atoms with van der Waals surface area (Å²) >= 11 is 0. The minimum Gasteiger partial charge on any atom is -0.389 e. The predicted octanol–water partition coefficient (Wildman–Crippen LogP) is 2.17. The third-order valence-corrected chi connectivity index (χ3v) is 4.51. The lowest BCUT2D eigenvalue weighted by Gasteiger charge is -2.36. The van der Waals surface area contributed by atoms with Crippen molar-refractivity contribution in [1.82, 2.24) is 14.5 Å². The molecule has 1 fully saturated rings. The summed E-state index contributed by atoms with van der Waals surface area (Å²) in [4.78, 5) is 7.13. The van der Waals surface area contributed by atoms with Crippen LogP contribution < -0.4 is 0 Å². The molecule has 1 unspecified atom stereocenters. The number of aryl methyl sites for hydroxylation is 1. The molecule has 0 spiro atoms. The SMILES string of the molecule is CC(C)(O)CN1CCCC(c2ncc3n2CCCC3)C1. The molecule has 1 saturated heterocycles. The van der Waals surface area contributed by atoms with Crippen molar-refractivity contribution in [1.29, 1.82) is 0 Å². The average Bonchev–Trinajstić information content (AvgIpc) is 2.81. The molecule has 0 bridgehead atoms. The van der Waals surface area contributed by atoms with Gasteiger partial charge in [-0.1, -0.05) is 0 Å². The Hall–Kier alpha value is -0.870. The highest BCUT2D eigenvalue weighted by atomic mass is 16.3. The number of aliphatic hydroxyl groups is 1. The van der Waals surface area contributed by atoms with Crippen LogP contribution >= 0.6 is 0 Å². The maximum atomic E-state index is 10.0. The Balaban J connectivity index is 1.72. The molecule has 0 amide bonds. The van der Waals surface area contributed by atoms with Gasteiger partial charge >= 0.3 is 0 Å². The smallest absolute Gasteiger partial charge is 0.113 e. The average molecular weight is 277 g/mol. The molecular weight excluding hydrogens is 250 g/mol. The standard InChI is InChI=1S/C16H27N3O/c1-16(2,20)12-18-8-5-6-13(11-18)15-17-10-14-7-3-4-9-19(14)15/h10,13,20H,3-9,11-12H2,1-2H3. The summed E-state index contributed by atoms with van der Waals surface area (Å²) < 4.78 is 2.46. The second-order valence-electron chi connectivity index (χ2n) is 7.10. The van der Waals surface area contributed by atoms with Crippen molar-refractivity contribution in [3.63, 3.8) is 0 Å². The third-order valence-electron chi connectivity index (χ3n) is 4.51. The Morgan fingerprint density at radius 3 is 2.95 bits per heavy atom. The Bertz CT molecular complexity index is 461. The first kappa shape index (κ1) is 14.1. The molecule has 1 aromatic heterocycles. The van der Waals surface area contributed by atoms with Gasteiger partial charge in [-0.25, -0.2) is 4.98 Å². The van der Waals surface area contributed by atoms with Crippen LogP contribution in [0, 0.1) is 0 Å². The molecule has 1 N–H and O–H groups in total. The van der Waals surface area contributed by atoms with Crippen LogP contribution in [0.25, 0.3) is 0 Å². The number of rotatable bonds is 3. The zero-order valence-corrected chi connectivity index (χ0v) is 12.8. The van der Waals surface area contributed by atoms with E-state index in [1.54, 1.807) is 0 Å². The monoisotopic (exact) mass is 277 g/mol. The lowest BCUT2D eigenvalue weighted by Crippen LogP contribution is -2.43. The van der Waals surface area contributed by atoms with Crippen molar-refractivity contribution in [2.75, 3.05) is 19.6 Å². The molecule has 20 heavy (non-hydrogen) atoms. The Kier molecular flexibility index (Phi) is 3.87. The van der Waals surface area contributed by atoms with E-state index in [2.05, 4.69) is 15.7 Å². The molecule has 1 aromatic rings. The van der Waals surface area contributed by atoms with Crippen molar-refractivity contribution >= 4 is 0 Å². The number of nitrogens with zero attached hydrogens (tertiary/aromatic N) is 3. The summed E-state index contributed by atoms with van der Waals surface area (Å²) in [5, 5.41) is 10.0. The summed E-state index contributed by atoms with van der Waals surface area (Å²) in [5.41, 5.74) is 0.819. The van der Waals surface area contributed by atoms with Gasteiger partial charge in [0.15, 0.2) is 0 Å². The molecule has 112 valence electrons. The molecule has 0 radical (unpaired) electrons. The fourth-order valence-electron chi connectivity index (χ4n) is 3.74. The molecule has 0 aliphatic carbocycles. The minimum absolute atomic E-state index is 0.540. The zero-order chi connectivity index (χ0) is 14.2. The van der Waals surface area contributed by atoms with Gasteiger partial charge in [0.25, 0.3) is 0 Å². The minimum atomic E-state index is -0.603. The molecule has 0 aromatic carbocycles. The van der Waals surface area contributed by atoms with E-state index in [1.807, 2.05) is 13.8 Å². The van der Waals surface area contributed by atoms with Gasteiger partial charge in [0.05, 0.1) is 5.60 Å². The highest BCUT2D eigenvalue weighted by Gasteiger charge is 2.28. The van der Waals surface area contributed by atoms with Gasteiger partial charge in [0, 0.05) is 37.4 Å². The van der Waals surface area contributed by atoms with Crippen molar-refractivity contribution in [2.24, 2.45) is 0 Å². The first-order valence-electron chi connectivity index (χ1n) is 8.02. The van der Waals surface area contributed by atoms with Crippen LogP contribution in [0.5, 0.6) is 0 Å². The van der Waals surface area contributed by atoms with E-state index < -0.39 is 5.60 Å². The lowest BCUT2D eigenvalue weighted by molar-refractivity contribution is 0.0265. The van der Waals surface area contributed by atoms with Crippen LogP contribution in [0.15, 0.2) is 6.20 Å². The summed E-state index contributed by atoms with van der Waals surface area (Å²) in [6.45, 7) is 7.85. The highest BCUT2D eigenvalue weighted by Crippen LogP contribution is 2.29. The second-order valence-corrected chi connectivity index (χ2v) is 7.10. The Morgan fingerprint density at radius 1 is 1.30 bits per heavy atom. The summed E-state index contributed by atoms with van der Waals surface area (Å²) in [7, 11) is 0. The van der Waals surface area contributed by atoms with Crippen LogP contribution in [0.3, 0.4) is 0 Å². The first-order valence-corrected chi connectivity index (χ1v) is 8.02. The summed E-state index contributed by atoms with van der Waals surface area (Å²) in [5.74, 6) is 1.83. The molecule has 1 atom stereocenters. The largest absolute Gasteiger partial charge is 0.389 e. The molecule has 4 nitrogen and oxygen atoms in total. The van der Waals surface area contributed by atoms with E-state index in [4.69, 9.17) is 4.98 Å². The lowest BCUT2D eigenvalue weighted by atomic mass is 9.95. The van der Waals surface area contributed by atoms with E-state index in [-0.39, 0.29) is 0 Å². The van der Waals surface area contributed by atoms with Crippen LogP contribution in [-0.2, 0) is 13.0 Å². The van der Waals surface area contributed by atoms with E-state index >= 15 is 0 Å². The number of hydrogen-bond donors (Lipinski definition) is 1. The van der Waals surface area contributed by atoms with Crippen molar-refractivity contribution in [3.05, 3.63) is 17.7 Å². The maximum Gasteiger partial charge on any atom is 0.113 e. The van der Waals surface area contributed by atoms with Gasteiger partial charge < -0.3 is 9.67 Å². The van der Waals surface area contributed by atoms with E-state index in [0.29, 0.717) is 5.92 Å². The highest BCUT2D eigenvalue weighted by molar-refractivity contribution is 5.12. The number of hydrogen-bond acceptors (Lipinski definition) is 3. The molecular formula is C16H27N3O. The van der Waals surface area contributed by atoms with Crippen LogP contribution in [0.4, 0.5) is 0 Å². The summed E-state index contributed by atoms with van der Waals surface area (Å²) in [6.07, 6.45) is 8.31. The van der Waals surface area contributed by atoms with Gasteiger partial charge in [-0.2, -0.15) is 0 Å². The second kappa shape index (κ2) is 5.49. The number of fused-ring (bicyclic) bond motifs is 1. The number of aromatic nitrogens is 2. The quantitative estimate of drug-likeness (QED) is 0.920. The maximum absolute atomic E-state index is 10.0. The van der Waals surface area contributed by atoms with Crippen LogP contribution in [0.2, 0.25) is 0 Å². The van der Waals surface area contributed by atoms with E-state index in [1.165, 1.54) is 43.6 Å². The topological polar surface area (TPSA) is 41.3 Å². The van der Waals surface area contributed by atoms with E-state index in [0.717, 1.165) is 26.2 Å². The van der Waals surface area contributed by atoms with E-state index in [9.17, 15) is 5.11 Å². The van der Waals surface area contributed by atoms with Gasteiger partial charge in [0.2, 0.25) is 0 Å². The molecule has 3 heterocycles.